The predicted molar refractivity (Wildman–Crippen MR) is 125 cm³/mol. The van der Waals surface area contributed by atoms with E-state index >= 15 is 0 Å². The molecule has 0 aliphatic heterocycles. The van der Waals surface area contributed by atoms with Gasteiger partial charge in [-0.2, -0.15) is 0 Å². The molecule has 1 saturated carbocycles. The van der Waals surface area contributed by atoms with Gasteiger partial charge in [0.2, 0.25) is 0 Å². The fourth-order valence-corrected chi connectivity index (χ4v) is 4.45. The number of hydrogen-bond donors (Lipinski definition) is 1. The molecule has 1 fully saturated rings. The van der Waals surface area contributed by atoms with Crippen LogP contribution in [0.3, 0.4) is 0 Å². The van der Waals surface area contributed by atoms with Crippen LogP contribution in [0.15, 0.2) is 71.4 Å². The maximum absolute atomic E-state index is 13.5. The van der Waals surface area contributed by atoms with E-state index in [1.165, 1.54) is 30.5 Å². The number of furan rings is 1. The number of carbonyl (C=O) groups is 1. The van der Waals surface area contributed by atoms with Gasteiger partial charge >= 0.3 is 0 Å². The molecule has 6 heteroatoms. The first-order chi connectivity index (χ1) is 16.1. The van der Waals surface area contributed by atoms with Crippen LogP contribution in [0.4, 0.5) is 4.39 Å². The van der Waals surface area contributed by atoms with Gasteiger partial charge in [0, 0.05) is 18.2 Å². The molecular formula is C27H26FN3O2. The van der Waals surface area contributed by atoms with Crippen molar-refractivity contribution in [1.82, 2.24) is 14.9 Å². The molecule has 0 unspecified atom stereocenters. The predicted octanol–water partition coefficient (Wildman–Crippen LogP) is 6.30. The summed E-state index contributed by atoms with van der Waals surface area (Å²) in [5.41, 5.74) is 4.56. The quantitative estimate of drug-likeness (QED) is 0.380. The Balaban J connectivity index is 1.43. The monoisotopic (exact) mass is 443 g/mol. The minimum atomic E-state index is -0.291. The van der Waals surface area contributed by atoms with Gasteiger partial charge in [-0.25, -0.2) is 9.37 Å². The first-order valence-corrected chi connectivity index (χ1v) is 11.4. The second kappa shape index (κ2) is 9.06. The molecule has 33 heavy (non-hydrogen) atoms. The van der Waals surface area contributed by atoms with Crippen LogP contribution in [0.25, 0.3) is 22.7 Å². The van der Waals surface area contributed by atoms with Crippen molar-refractivity contribution < 1.29 is 13.6 Å². The number of nitrogens with one attached hydrogen (secondary N) is 1. The van der Waals surface area contributed by atoms with Crippen molar-refractivity contribution in [3.8, 4) is 22.7 Å². The first kappa shape index (κ1) is 21.2. The lowest BCUT2D eigenvalue weighted by molar-refractivity contribution is 0.0924. The van der Waals surface area contributed by atoms with Crippen LogP contribution in [0.1, 0.15) is 53.4 Å². The standard InChI is InChI=1S/C27H26FN3O2/c1-18-6-8-19(9-7-18)16-29-27(32)24-15-14-23(33-24)26-25(20-10-12-21(28)13-11-20)30-17-31(26)22-4-2-3-5-22/h6-15,17,22H,2-5,16H2,1H3,(H,29,32). The number of rotatable bonds is 6. The third-order valence-corrected chi connectivity index (χ3v) is 6.27. The minimum Gasteiger partial charge on any atom is -0.449 e. The van der Waals surface area contributed by atoms with Crippen molar-refractivity contribution in [3.05, 3.63) is 89.7 Å². The third kappa shape index (κ3) is 4.46. The smallest absolute Gasteiger partial charge is 0.287 e. The summed E-state index contributed by atoms with van der Waals surface area (Å²) in [7, 11) is 0. The molecule has 168 valence electrons. The lowest BCUT2D eigenvalue weighted by Gasteiger charge is -2.15. The van der Waals surface area contributed by atoms with Crippen molar-refractivity contribution in [2.45, 2.75) is 45.2 Å². The Morgan fingerprint density at radius 2 is 1.79 bits per heavy atom. The number of aromatic nitrogens is 2. The Kier molecular flexibility index (Phi) is 5.82. The molecule has 0 atom stereocenters. The number of benzene rings is 2. The largest absolute Gasteiger partial charge is 0.449 e. The van der Waals surface area contributed by atoms with Gasteiger partial charge in [0.15, 0.2) is 11.5 Å². The highest BCUT2D eigenvalue weighted by Crippen LogP contribution is 2.39. The van der Waals surface area contributed by atoms with Crippen molar-refractivity contribution in [2.75, 3.05) is 0 Å². The SMILES string of the molecule is Cc1ccc(CNC(=O)c2ccc(-c3c(-c4ccc(F)cc4)ncn3C3CCCC3)o2)cc1. The van der Waals surface area contributed by atoms with Gasteiger partial charge in [-0.15, -0.1) is 0 Å². The summed E-state index contributed by atoms with van der Waals surface area (Å²) in [6.45, 7) is 2.46. The van der Waals surface area contributed by atoms with E-state index in [-0.39, 0.29) is 17.5 Å². The number of amides is 1. The van der Waals surface area contributed by atoms with Gasteiger partial charge in [0.1, 0.15) is 11.5 Å². The summed E-state index contributed by atoms with van der Waals surface area (Å²) in [6, 6.07) is 18.2. The van der Waals surface area contributed by atoms with Crippen LogP contribution in [-0.2, 0) is 6.54 Å². The zero-order chi connectivity index (χ0) is 22.8. The average molecular weight is 444 g/mol. The van der Waals surface area contributed by atoms with E-state index < -0.39 is 0 Å². The highest BCUT2D eigenvalue weighted by molar-refractivity contribution is 5.92. The number of hydrogen-bond acceptors (Lipinski definition) is 3. The lowest BCUT2D eigenvalue weighted by Crippen LogP contribution is -2.22. The maximum atomic E-state index is 13.5. The summed E-state index contributed by atoms with van der Waals surface area (Å²) in [5.74, 6) is 0.277. The molecule has 2 heterocycles. The van der Waals surface area contributed by atoms with Crippen LogP contribution >= 0.6 is 0 Å². The van der Waals surface area contributed by atoms with Crippen LogP contribution in [0.2, 0.25) is 0 Å². The third-order valence-electron chi connectivity index (χ3n) is 6.27. The Morgan fingerprint density at radius 1 is 1.06 bits per heavy atom. The summed E-state index contributed by atoms with van der Waals surface area (Å²) in [6.07, 6.45) is 6.36. The molecular weight excluding hydrogens is 417 g/mol. The van der Waals surface area contributed by atoms with E-state index in [0.29, 0.717) is 18.3 Å². The molecule has 0 radical (unpaired) electrons. The summed E-state index contributed by atoms with van der Waals surface area (Å²) < 4.78 is 21.7. The van der Waals surface area contributed by atoms with E-state index in [1.807, 2.05) is 43.6 Å². The van der Waals surface area contributed by atoms with Crippen LogP contribution < -0.4 is 5.32 Å². The second-order valence-corrected chi connectivity index (χ2v) is 8.63. The van der Waals surface area contributed by atoms with Crippen molar-refractivity contribution in [3.63, 3.8) is 0 Å². The molecule has 4 aromatic rings. The zero-order valence-corrected chi connectivity index (χ0v) is 18.6. The van der Waals surface area contributed by atoms with Gasteiger partial charge < -0.3 is 14.3 Å². The second-order valence-electron chi connectivity index (χ2n) is 8.63. The molecule has 1 amide bonds. The Bertz CT molecular complexity index is 1250. The number of aryl methyl sites for hydroxylation is 1. The Labute approximate surface area is 192 Å². The molecule has 0 bridgehead atoms. The molecule has 2 aromatic carbocycles. The number of halogens is 1. The Morgan fingerprint density at radius 3 is 2.52 bits per heavy atom. The first-order valence-electron chi connectivity index (χ1n) is 11.4. The topological polar surface area (TPSA) is 60.1 Å². The molecule has 0 spiro atoms. The van der Waals surface area contributed by atoms with E-state index in [9.17, 15) is 9.18 Å². The van der Waals surface area contributed by atoms with Crippen LogP contribution in [-0.4, -0.2) is 15.5 Å². The van der Waals surface area contributed by atoms with E-state index in [4.69, 9.17) is 4.42 Å². The van der Waals surface area contributed by atoms with Gasteiger partial charge in [0.25, 0.3) is 5.91 Å². The highest BCUT2D eigenvalue weighted by Gasteiger charge is 2.25. The molecule has 1 aliphatic carbocycles. The fourth-order valence-electron chi connectivity index (χ4n) is 4.45. The molecule has 2 aromatic heterocycles. The number of carbonyl (C=O) groups excluding carboxylic acids is 1. The maximum Gasteiger partial charge on any atom is 0.287 e. The van der Waals surface area contributed by atoms with E-state index in [0.717, 1.165) is 35.4 Å². The van der Waals surface area contributed by atoms with Crippen molar-refractivity contribution in [1.29, 1.82) is 0 Å². The lowest BCUT2D eigenvalue weighted by atomic mass is 10.1. The minimum absolute atomic E-state index is 0.251. The van der Waals surface area contributed by atoms with Gasteiger partial charge in [-0.05, 0) is 61.7 Å². The zero-order valence-electron chi connectivity index (χ0n) is 18.6. The van der Waals surface area contributed by atoms with Gasteiger partial charge in [0.05, 0.1) is 12.0 Å². The summed E-state index contributed by atoms with van der Waals surface area (Å²) in [4.78, 5) is 17.4. The Hall–Kier alpha value is -3.67. The average Bonchev–Trinajstić information content (AvgIpc) is 3.59. The van der Waals surface area contributed by atoms with Crippen LogP contribution in [0, 0.1) is 12.7 Å². The van der Waals surface area contributed by atoms with E-state index in [1.54, 1.807) is 18.2 Å². The van der Waals surface area contributed by atoms with Crippen molar-refractivity contribution in [2.24, 2.45) is 0 Å². The fraction of sp³-hybridized carbons (Fsp3) is 0.259. The van der Waals surface area contributed by atoms with Crippen molar-refractivity contribution >= 4 is 5.91 Å². The molecule has 5 nitrogen and oxygen atoms in total. The van der Waals surface area contributed by atoms with Gasteiger partial charge in [-0.1, -0.05) is 42.7 Å². The normalized spacial score (nSPS) is 14.0. The molecule has 1 N–H and O–H groups in total. The molecule has 0 saturated heterocycles. The summed E-state index contributed by atoms with van der Waals surface area (Å²) in [5, 5.41) is 2.92. The van der Waals surface area contributed by atoms with Gasteiger partial charge in [-0.3, -0.25) is 4.79 Å². The van der Waals surface area contributed by atoms with E-state index in [2.05, 4.69) is 14.9 Å². The molecule has 1 aliphatic rings. The summed E-state index contributed by atoms with van der Waals surface area (Å²) >= 11 is 0. The molecule has 5 rings (SSSR count). The highest BCUT2D eigenvalue weighted by atomic mass is 19.1. The van der Waals surface area contributed by atoms with Crippen LogP contribution in [0.5, 0.6) is 0 Å². The number of imidazole rings is 1. The number of nitrogens with zero attached hydrogens (tertiary/aromatic N) is 2.